The van der Waals surface area contributed by atoms with Crippen molar-refractivity contribution in [2.24, 2.45) is 11.3 Å². The van der Waals surface area contributed by atoms with Crippen LogP contribution in [0.3, 0.4) is 0 Å². The lowest BCUT2D eigenvalue weighted by Crippen LogP contribution is -2.61. The van der Waals surface area contributed by atoms with Crippen molar-refractivity contribution in [1.82, 2.24) is 5.32 Å². The third kappa shape index (κ3) is 3.02. The van der Waals surface area contributed by atoms with Crippen molar-refractivity contribution >= 4 is 0 Å². The summed E-state index contributed by atoms with van der Waals surface area (Å²) in [7, 11) is 0. The number of hydrogen-bond donors (Lipinski definition) is 1. The highest BCUT2D eigenvalue weighted by Crippen LogP contribution is 2.47. The fraction of sp³-hybridized carbons (Fsp3) is 0.684. The molecule has 3 rings (SSSR count). The SMILES string of the molecule is CCOC1CC(NC(c2ccc(C)cc2)C2CC2)C1(C)C. The summed E-state index contributed by atoms with van der Waals surface area (Å²) >= 11 is 0. The van der Waals surface area contributed by atoms with Gasteiger partial charge in [0.2, 0.25) is 0 Å². The molecular formula is C19H29NO. The van der Waals surface area contributed by atoms with Gasteiger partial charge in [-0.25, -0.2) is 0 Å². The quantitative estimate of drug-likeness (QED) is 0.845. The molecule has 3 unspecified atom stereocenters. The van der Waals surface area contributed by atoms with Crippen molar-refractivity contribution in [3.63, 3.8) is 0 Å². The molecule has 2 aliphatic carbocycles. The largest absolute Gasteiger partial charge is 0.378 e. The van der Waals surface area contributed by atoms with Gasteiger partial charge in [-0.2, -0.15) is 0 Å². The molecule has 116 valence electrons. The second-order valence-electron chi connectivity index (χ2n) is 7.45. The molecule has 0 spiro atoms. The van der Waals surface area contributed by atoms with Gasteiger partial charge in [-0.05, 0) is 44.6 Å². The maximum atomic E-state index is 5.86. The van der Waals surface area contributed by atoms with E-state index in [0.717, 1.165) is 18.9 Å². The second-order valence-corrected chi connectivity index (χ2v) is 7.45. The van der Waals surface area contributed by atoms with Crippen LogP contribution in [0.5, 0.6) is 0 Å². The number of hydrogen-bond acceptors (Lipinski definition) is 2. The molecule has 2 aliphatic rings. The van der Waals surface area contributed by atoms with Crippen molar-refractivity contribution < 1.29 is 4.74 Å². The van der Waals surface area contributed by atoms with Crippen molar-refractivity contribution in [2.75, 3.05) is 6.61 Å². The molecule has 1 aromatic carbocycles. The van der Waals surface area contributed by atoms with E-state index in [1.165, 1.54) is 24.0 Å². The molecule has 0 heterocycles. The third-order valence-corrected chi connectivity index (χ3v) is 5.46. The molecular weight excluding hydrogens is 258 g/mol. The average Bonchev–Trinajstić information content (AvgIpc) is 3.28. The van der Waals surface area contributed by atoms with Crippen LogP contribution in [-0.4, -0.2) is 18.8 Å². The van der Waals surface area contributed by atoms with Gasteiger partial charge < -0.3 is 10.1 Å². The minimum Gasteiger partial charge on any atom is -0.378 e. The summed E-state index contributed by atoms with van der Waals surface area (Å²) < 4.78 is 5.86. The molecule has 0 radical (unpaired) electrons. The summed E-state index contributed by atoms with van der Waals surface area (Å²) in [6.45, 7) is 9.76. The summed E-state index contributed by atoms with van der Waals surface area (Å²) in [6, 6.07) is 10.2. The van der Waals surface area contributed by atoms with E-state index in [9.17, 15) is 0 Å². The zero-order valence-electron chi connectivity index (χ0n) is 13.9. The number of ether oxygens (including phenoxy) is 1. The van der Waals surface area contributed by atoms with E-state index >= 15 is 0 Å². The number of aryl methyl sites for hydroxylation is 1. The first kappa shape index (κ1) is 15.1. The van der Waals surface area contributed by atoms with Crippen LogP contribution in [0, 0.1) is 18.3 Å². The smallest absolute Gasteiger partial charge is 0.0655 e. The van der Waals surface area contributed by atoms with Crippen molar-refractivity contribution in [1.29, 1.82) is 0 Å². The van der Waals surface area contributed by atoms with Crippen LogP contribution < -0.4 is 5.32 Å². The zero-order chi connectivity index (χ0) is 15.0. The zero-order valence-corrected chi connectivity index (χ0v) is 13.9. The monoisotopic (exact) mass is 287 g/mol. The summed E-state index contributed by atoms with van der Waals surface area (Å²) in [5.41, 5.74) is 3.04. The first-order valence-electron chi connectivity index (χ1n) is 8.46. The van der Waals surface area contributed by atoms with E-state index < -0.39 is 0 Å². The molecule has 0 bridgehead atoms. The Morgan fingerprint density at radius 2 is 1.90 bits per heavy atom. The Labute approximate surface area is 129 Å². The Bertz CT molecular complexity index is 475. The molecule has 0 aromatic heterocycles. The number of nitrogens with one attached hydrogen (secondary N) is 1. The predicted octanol–water partition coefficient (Wildman–Crippen LogP) is 4.24. The standard InChI is InChI=1S/C19H29NO/c1-5-21-17-12-16(19(17,3)4)20-18(15-10-11-15)14-8-6-13(2)7-9-14/h6-9,15-18,20H,5,10-12H2,1-4H3. The molecule has 0 amide bonds. The van der Waals surface area contributed by atoms with Crippen LogP contribution in [-0.2, 0) is 4.74 Å². The Morgan fingerprint density at radius 3 is 2.43 bits per heavy atom. The molecule has 21 heavy (non-hydrogen) atoms. The van der Waals surface area contributed by atoms with Crippen LogP contribution in [0.15, 0.2) is 24.3 Å². The van der Waals surface area contributed by atoms with Gasteiger partial charge in [0.15, 0.2) is 0 Å². The maximum absolute atomic E-state index is 5.86. The minimum atomic E-state index is 0.244. The minimum absolute atomic E-state index is 0.244. The molecule has 2 nitrogen and oxygen atoms in total. The Kier molecular flexibility index (Phi) is 4.11. The number of benzene rings is 1. The molecule has 0 saturated heterocycles. The first-order valence-corrected chi connectivity index (χ1v) is 8.46. The van der Waals surface area contributed by atoms with Crippen LogP contribution in [0.1, 0.15) is 57.2 Å². The Morgan fingerprint density at radius 1 is 1.24 bits per heavy atom. The fourth-order valence-corrected chi connectivity index (χ4v) is 3.58. The van der Waals surface area contributed by atoms with Gasteiger partial charge in [-0.3, -0.25) is 0 Å². The Hall–Kier alpha value is -0.860. The summed E-state index contributed by atoms with van der Waals surface area (Å²) in [5.74, 6) is 0.828. The van der Waals surface area contributed by atoms with Gasteiger partial charge in [-0.1, -0.05) is 43.7 Å². The molecule has 2 heteroatoms. The van der Waals surface area contributed by atoms with Crippen LogP contribution in [0.4, 0.5) is 0 Å². The molecule has 1 aromatic rings. The van der Waals surface area contributed by atoms with E-state index in [4.69, 9.17) is 4.74 Å². The fourth-order valence-electron chi connectivity index (χ4n) is 3.58. The highest BCUT2D eigenvalue weighted by Gasteiger charge is 2.50. The third-order valence-electron chi connectivity index (χ3n) is 5.46. The molecule has 3 atom stereocenters. The molecule has 2 saturated carbocycles. The van der Waals surface area contributed by atoms with Crippen LogP contribution in [0.25, 0.3) is 0 Å². The summed E-state index contributed by atoms with van der Waals surface area (Å²) in [5, 5.41) is 3.95. The first-order chi connectivity index (χ1) is 10.0. The average molecular weight is 287 g/mol. The van der Waals surface area contributed by atoms with E-state index in [-0.39, 0.29) is 5.41 Å². The van der Waals surface area contributed by atoms with Gasteiger partial charge in [0.1, 0.15) is 0 Å². The highest BCUT2D eigenvalue weighted by atomic mass is 16.5. The molecule has 1 N–H and O–H groups in total. The van der Waals surface area contributed by atoms with E-state index in [2.05, 4.69) is 57.3 Å². The lowest BCUT2D eigenvalue weighted by molar-refractivity contribution is -0.117. The maximum Gasteiger partial charge on any atom is 0.0655 e. The van der Waals surface area contributed by atoms with Crippen LogP contribution in [0.2, 0.25) is 0 Å². The predicted molar refractivity (Wildman–Crippen MR) is 87.4 cm³/mol. The van der Waals surface area contributed by atoms with Gasteiger partial charge in [0, 0.05) is 24.1 Å². The normalized spacial score (nSPS) is 29.0. The van der Waals surface area contributed by atoms with Gasteiger partial charge in [0.25, 0.3) is 0 Å². The second kappa shape index (κ2) is 5.73. The number of rotatable bonds is 6. The van der Waals surface area contributed by atoms with Crippen LogP contribution >= 0.6 is 0 Å². The van der Waals surface area contributed by atoms with E-state index in [1.54, 1.807) is 0 Å². The van der Waals surface area contributed by atoms with Crippen molar-refractivity contribution in [3.05, 3.63) is 35.4 Å². The molecule has 0 aliphatic heterocycles. The summed E-state index contributed by atoms with van der Waals surface area (Å²) in [4.78, 5) is 0. The van der Waals surface area contributed by atoms with Crippen molar-refractivity contribution in [3.8, 4) is 0 Å². The highest BCUT2D eigenvalue weighted by molar-refractivity contribution is 5.26. The van der Waals surface area contributed by atoms with Gasteiger partial charge >= 0.3 is 0 Å². The van der Waals surface area contributed by atoms with E-state index in [1.807, 2.05) is 0 Å². The van der Waals surface area contributed by atoms with Gasteiger partial charge in [0.05, 0.1) is 6.10 Å². The lowest BCUT2D eigenvalue weighted by Gasteiger charge is -2.53. The van der Waals surface area contributed by atoms with Gasteiger partial charge in [-0.15, -0.1) is 0 Å². The Balaban J connectivity index is 1.68. The summed E-state index contributed by atoms with van der Waals surface area (Å²) in [6.07, 6.45) is 4.30. The molecule has 2 fully saturated rings. The van der Waals surface area contributed by atoms with Crippen molar-refractivity contribution in [2.45, 2.75) is 65.1 Å². The lowest BCUT2D eigenvalue weighted by atomic mass is 9.64. The van der Waals surface area contributed by atoms with E-state index in [0.29, 0.717) is 18.2 Å². The topological polar surface area (TPSA) is 21.3 Å².